The molecule has 2 aromatic rings. The van der Waals surface area contributed by atoms with Crippen LogP contribution in [0, 0.1) is 0 Å². The lowest BCUT2D eigenvalue weighted by atomic mass is 10.1. The molecule has 1 fully saturated rings. The number of aromatic nitrogens is 2. The highest BCUT2D eigenvalue weighted by Gasteiger charge is 2.23. The lowest BCUT2D eigenvalue weighted by Gasteiger charge is -2.34. The van der Waals surface area contributed by atoms with E-state index in [1.165, 1.54) is 11.8 Å². The molecule has 0 spiro atoms. The SMILES string of the molecule is CCOC(=O)N1CCN(c2cnc(C(=O)Nc3ccc(CC)cc3)cn2)CC1. The van der Waals surface area contributed by atoms with Gasteiger partial charge < -0.3 is 19.9 Å². The number of anilines is 2. The van der Waals surface area contributed by atoms with Crippen molar-refractivity contribution in [2.75, 3.05) is 43.0 Å². The summed E-state index contributed by atoms with van der Waals surface area (Å²) in [4.78, 5) is 36.4. The smallest absolute Gasteiger partial charge is 0.409 e. The van der Waals surface area contributed by atoms with E-state index in [0.29, 0.717) is 38.6 Å². The van der Waals surface area contributed by atoms with Crippen LogP contribution in [-0.2, 0) is 11.2 Å². The Bertz CT molecular complexity index is 800. The summed E-state index contributed by atoms with van der Waals surface area (Å²) in [7, 11) is 0. The fourth-order valence-electron chi connectivity index (χ4n) is 2.95. The number of benzene rings is 1. The van der Waals surface area contributed by atoms with Gasteiger partial charge in [-0.2, -0.15) is 0 Å². The van der Waals surface area contributed by atoms with E-state index in [-0.39, 0.29) is 17.7 Å². The van der Waals surface area contributed by atoms with Gasteiger partial charge in [0.15, 0.2) is 0 Å². The summed E-state index contributed by atoms with van der Waals surface area (Å²) in [5.74, 6) is 0.391. The fraction of sp³-hybridized carbons (Fsp3) is 0.400. The van der Waals surface area contributed by atoms with Crippen LogP contribution in [0.1, 0.15) is 29.9 Å². The maximum atomic E-state index is 12.4. The second kappa shape index (κ2) is 9.16. The van der Waals surface area contributed by atoms with Gasteiger partial charge in [0.1, 0.15) is 11.5 Å². The van der Waals surface area contributed by atoms with Gasteiger partial charge in [-0.15, -0.1) is 0 Å². The molecule has 1 aromatic heterocycles. The summed E-state index contributed by atoms with van der Waals surface area (Å²) in [5, 5.41) is 2.83. The molecule has 148 valence electrons. The normalized spacial score (nSPS) is 13.9. The maximum absolute atomic E-state index is 12.4. The quantitative estimate of drug-likeness (QED) is 0.854. The van der Waals surface area contributed by atoms with E-state index < -0.39 is 0 Å². The molecule has 1 saturated heterocycles. The summed E-state index contributed by atoms with van der Waals surface area (Å²) in [6.07, 6.45) is 3.74. The number of aryl methyl sites for hydroxylation is 1. The van der Waals surface area contributed by atoms with Crippen LogP contribution in [0.3, 0.4) is 0 Å². The summed E-state index contributed by atoms with van der Waals surface area (Å²) in [5.41, 5.74) is 2.20. The van der Waals surface area contributed by atoms with Crippen LogP contribution in [0.5, 0.6) is 0 Å². The first-order chi connectivity index (χ1) is 13.6. The molecule has 0 atom stereocenters. The average molecular weight is 383 g/mol. The second-order valence-corrected chi connectivity index (χ2v) is 6.44. The van der Waals surface area contributed by atoms with E-state index in [4.69, 9.17) is 4.74 Å². The Morgan fingerprint density at radius 2 is 1.75 bits per heavy atom. The summed E-state index contributed by atoms with van der Waals surface area (Å²) in [6, 6.07) is 7.73. The number of hydrogen-bond acceptors (Lipinski definition) is 6. The van der Waals surface area contributed by atoms with Crippen molar-refractivity contribution in [2.24, 2.45) is 0 Å². The van der Waals surface area contributed by atoms with Gasteiger partial charge in [0.2, 0.25) is 0 Å². The fourth-order valence-corrected chi connectivity index (χ4v) is 2.95. The maximum Gasteiger partial charge on any atom is 0.409 e. The third-order valence-corrected chi connectivity index (χ3v) is 4.62. The van der Waals surface area contributed by atoms with Crippen LogP contribution in [0.2, 0.25) is 0 Å². The highest BCUT2D eigenvalue weighted by Crippen LogP contribution is 2.14. The van der Waals surface area contributed by atoms with Crippen LogP contribution < -0.4 is 10.2 Å². The van der Waals surface area contributed by atoms with Crippen molar-refractivity contribution in [3.63, 3.8) is 0 Å². The Labute approximate surface area is 164 Å². The van der Waals surface area contributed by atoms with Gasteiger partial charge in [0.05, 0.1) is 19.0 Å². The molecule has 0 saturated carbocycles. The number of nitrogens with one attached hydrogen (secondary N) is 1. The van der Waals surface area contributed by atoms with Crippen molar-refractivity contribution in [3.8, 4) is 0 Å². The van der Waals surface area contributed by atoms with Crippen LogP contribution in [0.25, 0.3) is 0 Å². The first-order valence-corrected chi connectivity index (χ1v) is 9.49. The molecule has 1 aliphatic heterocycles. The van der Waals surface area contributed by atoms with Crippen LogP contribution in [-0.4, -0.2) is 59.7 Å². The summed E-state index contributed by atoms with van der Waals surface area (Å²) < 4.78 is 5.02. The van der Waals surface area contributed by atoms with Crippen molar-refractivity contribution in [1.29, 1.82) is 0 Å². The van der Waals surface area contributed by atoms with Gasteiger partial charge in [-0.3, -0.25) is 4.79 Å². The van der Waals surface area contributed by atoms with Crippen molar-refractivity contribution < 1.29 is 14.3 Å². The van der Waals surface area contributed by atoms with E-state index in [2.05, 4.69) is 22.2 Å². The zero-order valence-corrected chi connectivity index (χ0v) is 16.2. The minimum absolute atomic E-state index is 0.258. The zero-order valence-electron chi connectivity index (χ0n) is 16.2. The number of nitrogens with zero attached hydrogens (tertiary/aromatic N) is 4. The Kier molecular flexibility index (Phi) is 6.41. The van der Waals surface area contributed by atoms with Gasteiger partial charge in [0, 0.05) is 31.9 Å². The predicted octanol–water partition coefficient (Wildman–Crippen LogP) is 2.57. The molecule has 28 heavy (non-hydrogen) atoms. The van der Waals surface area contributed by atoms with Crippen molar-refractivity contribution >= 4 is 23.5 Å². The Hall–Kier alpha value is -3.16. The topological polar surface area (TPSA) is 87.7 Å². The van der Waals surface area contributed by atoms with E-state index in [1.54, 1.807) is 18.0 Å². The minimum atomic E-state index is -0.296. The zero-order chi connectivity index (χ0) is 19.9. The van der Waals surface area contributed by atoms with Crippen LogP contribution >= 0.6 is 0 Å². The minimum Gasteiger partial charge on any atom is -0.450 e. The van der Waals surface area contributed by atoms with Crippen molar-refractivity contribution in [1.82, 2.24) is 14.9 Å². The number of amides is 2. The molecule has 0 radical (unpaired) electrons. The predicted molar refractivity (Wildman–Crippen MR) is 107 cm³/mol. The molecule has 1 N–H and O–H groups in total. The molecular formula is C20H25N5O3. The summed E-state index contributed by atoms with van der Waals surface area (Å²) >= 11 is 0. The standard InChI is InChI=1S/C20H25N5O3/c1-3-15-5-7-16(8-6-15)23-19(26)17-13-22-18(14-21-17)24-9-11-25(12-10-24)20(27)28-4-2/h5-8,13-14H,3-4,9-12H2,1-2H3,(H,23,26). The molecule has 2 heterocycles. The molecular weight excluding hydrogens is 358 g/mol. The van der Waals surface area contributed by atoms with E-state index in [9.17, 15) is 9.59 Å². The van der Waals surface area contributed by atoms with Crippen LogP contribution in [0.15, 0.2) is 36.7 Å². The Balaban J connectivity index is 1.56. The first kappa shape index (κ1) is 19.6. The van der Waals surface area contributed by atoms with Crippen LogP contribution in [0.4, 0.5) is 16.3 Å². The molecule has 8 nitrogen and oxygen atoms in total. The molecule has 3 rings (SSSR count). The third kappa shape index (κ3) is 4.76. The van der Waals surface area contributed by atoms with Gasteiger partial charge in [-0.25, -0.2) is 14.8 Å². The van der Waals surface area contributed by atoms with Gasteiger partial charge in [-0.1, -0.05) is 19.1 Å². The summed E-state index contributed by atoms with van der Waals surface area (Å²) in [6.45, 7) is 6.67. The van der Waals surface area contributed by atoms with Gasteiger partial charge >= 0.3 is 6.09 Å². The van der Waals surface area contributed by atoms with Crippen molar-refractivity contribution in [3.05, 3.63) is 47.9 Å². The third-order valence-electron chi connectivity index (χ3n) is 4.62. The molecule has 0 unspecified atom stereocenters. The lowest BCUT2D eigenvalue weighted by Crippen LogP contribution is -2.49. The number of piperazine rings is 1. The van der Waals surface area contributed by atoms with Crippen molar-refractivity contribution in [2.45, 2.75) is 20.3 Å². The van der Waals surface area contributed by atoms with E-state index in [0.717, 1.165) is 12.1 Å². The monoisotopic (exact) mass is 383 g/mol. The highest BCUT2D eigenvalue weighted by molar-refractivity contribution is 6.02. The van der Waals surface area contributed by atoms with E-state index >= 15 is 0 Å². The number of carbonyl (C=O) groups is 2. The second-order valence-electron chi connectivity index (χ2n) is 6.44. The highest BCUT2D eigenvalue weighted by atomic mass is 16.6. The molecule has 0 bridgehead atoms. The largest absolute Gasteiger partial charge is 0.450 e. The van der Waals surface area contributed by atoms with E-state index in [1.807, 2.05) is 29.2 Å². The Morgan fingerprint density at radius 3 is 2.32 bits per heavy atom. The lowest BCUT2D eigenvalue weighted by molar-refractivity contribution is 0.101. The number of rotatable bonds is 5. The number of carbonyl (C=O) groups excluding carboxylic acids is 2. The Morgan fingerprint density at radius 1 is 1.04 bits per heavy atom. The van der Waals surface area contributed by atoms with Gasteiger partial charge in [0.25, 0.3) is 5.91 Å². The molecule has 1 aromatic carbocycles. The first-order valence-electron chi connectivity index (χ1n) is 9.49. The average Bonchev–Trinajstić information content (AvgIpc) is 2.74. The number of hydrogen-bond donors (Lipinski definition) is 1. The molecule has 0 aliphatic carbocycles. The molecule has 8 heteroatoms. The molecule has 2 amide bonds. The number of ether oxygens (including phenoxy) is 1. The molecule has 1 aliphatic rings. The van der Waals surface area contributed by atoms with Gasteiger partial charge in [-0.05, 0) is 31.0 Å².